The Morgan fingerprint density at radius 3 is 2.65 bits per heavy atom. The average Bonchev–Trinajstić information content (AvgIpc) is 2.88. The Hall–Kier alpha value is -0.930. The summed E-state index contributed by atoms with van der Waals surface area (Å²) in [4.78, 5) is 6.61. The quantitative estimate of drug-likeness (QED) is 0.917. The van der Waals surface area contributed by atoms with E-state index in [1.807, 2.05) is 12.4 Å². The lowest BCUT2D eigenvalue weighted by molar-refractivity contribution is 0.155. The normalized spacial score (nSPS) is 28.9. The fourth-order valence-corrected chi connectivity index (χ4v) is 4.00. The molecule has 0 aromatic carbocycles. The summed E-state index contributed by atoms with van der Waals surface area (Å²) in [7, 11) is 0. The van der Waals surface area contributed by atoms with Crippen molar-refractivity contribution in [3.05, 3.63) is 30.1 Å². The highest BCUT2D eigenvalue weighted by molar-refractivity contribution is 5.10. The molecule has 3 nitrogen and oxygen atoms in total. The van der Waals surface area contributed by atoms with Crippen molar-refractivity contribution in [2.24, 2.45) is 5.92 Å². The molecule has 1 N–H and O–H groups in total. The van der Waals surface area contributed by atoms with Gasteiger partial charge in [-0.3, -0.25) is 9.88 Å². The van der Waals surface area contributed by atoms with Crippen LogP contribution in [0.4, 0.5) is 0 Å². The number of hydrogen-bond donors (Lipinski definition) is 1. The van der Waals surface area contributed by atoms with Crippen LogP contribution in [0.15, 0.2) is 24.5 Å². The molecule has 2 unspecified atom stereocenters. The third kappa shape index (κ3) is 3.39. The first-order chi connectivity index (χ1) is 9.83. The molecule has 3 heteroatoms. The molecule has 110 valence electrons. The van der Waals surface area contributed by atoms with Gasteiger partial charge in [-0.15, -0.1) is 0 Å². The van der Waals surface area contributed by atoms with Crippen LogP contribution in [-0.2, 0) is 6.42 Å². The molecule has 1 saturated carbocycles. The van der Waals surface area contributed by atoms with Crippen molar-refractivity contribution in [1.82, 2.24) is 9.88 Å². The zero-order valence-corrected chi connectivity index (χ0v) is 12.2. The molecular formula is C17H26N2O. The molecule has 0 spiro atoms. The number of pyridine rings is 1. The van der Waals surface area contributed by atoms with Gasteiger partial charge in [0.05, 0.1) is 6.10 Å². The van der Waals surface area contributed by atoms with E-state index in [1.165, 1.54) is 37.7 Å². The fraction of sp³-hybridized carbons (Fsp3) is 0.706. The van der Waals surface area contributed by atoms with Crippen molar-refractivity contribution < 1.29 is 5.11 Å². The van der Waals surface area contributed by atoms with Gasteiger partial charge in [0.1, 0.15) is 0 Å². The first-order valence-corrected chi connectivity index (χ1v) is 8.14. The highest BCUT2D eigenvalue weighted by Crippen LogP contribution is 2.34. The van der Waals surface area contributed by atoms with Crippen LogP contribution in [0.2, 0.25) is 0 Å². The number of likely N-dealkylation sites (tertiary alicyclic amines) is 1. The van der Waals surface area contributed by atoms with Crippen LogP contribution in [0.5, 0.6) is 0 Å². The lowest BCUT2D eigenvalue weighted by Crippen LogP contribution is -2.37. The summed E-state index contributed by atoms with van der Waals surface area (Å²) < 4.78 is 0. The monoisotopic (exact) mass is 274 g/mol. The van der Waals surface area contributed by atoms with Crippen molar-refractivity contribution in [2.45, 2.75) is 57.1 Å². The summed E-state index contributed by atoms with van der Waals surface area (Å²) in [5.74, 6) is 0.818. The molecule has 3 rings (SSSR count). The van der Waals surface area contributed by atoms with Gasteiger partial charge < -0.3 is 5.11 Å². The van der Waals surface area contributed by atoms with Crippen LogP contribution in [0, 0.1) is 5.92 Å². The molecule has 20 heavy (non-hydrogen) atoms. The fourth-order valence-electron chi connectivity index (χ4n) is 4.00. The Kier molecular flexibility index (Phi) is 4.69. The first-order valence-electron chi connectivity index (χ1n) is 8.14. The molecule has 2 fully saturated rings. The number of β-amino-alcohol motifs (C(OH)–C–C–N with tert-alkyl or cyclic N) is 1. The Balaban J connectivity index is 1.58. The van der Waals surface area contributed by atoms with Gasteiger partial charge in [-0.25, -0.2) is 0 Å². The van der Waals surface area contributed by atoms with E-state index < -0.39 is 0 Å². The van der Waals surface area contributed by atoms with Gasteiger partial charge in [0, 0.05) is 31.5 Å². The van der Waals surface area contributed by atoms with Crippen LogP contribution in [0.25, 0.3) is 0 Å². The van der Waals surface area contributed by atoms with Gasteiger partial charge >= 0.3 is 0 Å². The van der Waals surface area contributed by atoms with Gasteiger partial charge in [0.15, 0.2) is 0 Å². The summed E-state index contributed by atoms with van der Waals surface area (Å²) in [6.07, 6.45) is 12.6. The molecule has 0 amide bonds. The maximum absolute atomic E-state index is 10.0. The van der Waals surface area contributed by atoms with Crippen LogP contribution in [0.1, 0.15) is 44.1 Å². The minimum absolute atomic E-state index is 0.112. The number of hydrogen-bond acceptors (Lipinski definition) is 3. The third-order valence-electron chi connectivity index (χ3n) is 5.06. The van der Waals surface area contributed by atoms with Gasteiger partial charge in [-0.1, -0.05) is 19.3 Å². The van der Waals surface area contributed by atoms with Gasteiger partial charge in [-0.2, -0.15) is 0 Å². The van der Waals surface area contributed by atoms with Gasteiger partial charge in [0.25, 0.3) is 0 Å². The summed E-state index contributed by atoms with van der Waals surface area (Å²) >= 11 is 0. The summed E-state index contributed by atoms with van der Waals surface area (Å²) in [6.45, 7) is 1.94. The van der Waals surface area contributed by atoms with E-state index in [0.29, 0.717) is 6.04 Å². The van der Waals surface area contributed by atoms with Gasteiger partial charge in [0.2, 0.25) is 0 Å². The standard InChI is InChI=1S/C17H26N2O/c20-16-12-17(15-4-2-1-3-5-15)19(13-16)11-8-14-6-9-18-10-7-14/h6-7,9-10,15-17,20H,1-5,8,11-13H2. The lowest BCUT2D eigenvalue weighted by Gasteiger charge is -2.33. The van der Waals surface area contributed by atoms with E-state index in [-0.39, 0.29) is 6.10 Å². The number of rotatable bonds is 4. The smallest absolute Gasteiger partial charge is 0.0682 e. The largest absolute Gasteiger partial charge is 0.392 e. The SMILES string of the molecule is OC1CC(C2CCCCC2)N(CCc2ccncc2)C1. The highest BCUT2D eigenvalue weighted by atomic mass is 16.3. The number of aliphatic hydroxyl groups excluding tert-OH is 1. The lowest BCUT2D eigenvalue weighted by atomic mass is 9.82. The van der Waals surface area contributed by atoms with Crippen molar-refractivity contribution in [3.63, 3.8) is 0 Å². The van der Waals surface area contributed by atoms with E-state index in [9.17, 15) is 5.11 Å². The summed E-state index contributed by atoms with van der Waals surface area (Å²) in [5.41, 5.74) is 1.35. The molecule has 2 aliphatic rings. The third-order valence-corrected chi connectivity index (χ3v) is 5.06. The van der Waals surface area contributed by atoms with Crippen LogP contribution in [-0.4, -0.2) is 40.2 Å². The van der Waals surface area contributed by atoms with E-state index in [1.54, 1.807) is 0 Å². The highest BCUT2D eigenvalue weighted by Gasteiger charge is 2.36. The number of aliphatic hydroxyl groups is 1. The second-order valence-corrected chi connectivity index (χ2v) is 6.46. The summed E-state index contributed by atoms with van der Waals surface area (Å²) in [6, 6.07) is 4.82. The Bertz CT molecular complexity index is 403. The second kappa shape index (κ2) is 6.68. The van der Waals surface area contributed by atoms with Crippen molar-refractivity contribution in [3.8, 4) is 0 Å². The molecule has 2 atom stereocenters. The maximum Gasteiger partial charge on any atom is 0.0682 e. The molecule has 1 aromatic heterocycles. The molecule has 0 bridgehead atoms. The zero-order chi connectivity index (χ0) is 13.8. The Labute approximate surface area is 122 Å². The number of aromatic nitrogens is 1. The minimum atomic E-state index is -0.112. The Morgan fingerprint density at radius 1 is 1.15 bits per heavy atom. The van der Waals surface area contributed by atoms with Crippen molar-refractivity contribution >= 4 is 0 Å². The second-order valence-electron chi connectivity index (χ2n) is 6.46. The van der Waals surface area contributed by atoms with Crippen LogP contribution in [0.3, 0.4) is 0 Å². The predicted octanol–water partition coefficient (Wildman–Crippen LogP) is 2.64. The minimum Gasteiger partial charge on any atom is -0.392 e. The zero-order valence-electron chi connectivity index (χ0n) is 12.2. The maximum atomic E-state index is 10.0. The summed E-state index contributed by atoms with van der Waals surface area (Å²) in [5, 5.41) is 10.0. The van der Waals surface area contributed by atoms with Crippen molar-refractivity contribution in [1.29, 1.82) is 0 Å². The molecule has 2 heterocycles. The van der Waals surface area contributed by atoms with Gasteiger partial charge in [-0.05, 0) is 49.3 Å². The topological polar surface area (TPSA) is 36.4 Å². The Morgan fingerprint density at radius 2 is 1.90 bits per heavy atom. The predicted molar refractivity (Wildman–Crippen MR) is 80.5 cm³/mol. The van der Waals surface area contributed by atoms with Crippen LogP contribution >= 0.6 is 0 Å². The molecule has 1 saturated heterocycles. The molecule has 1 aliphatic heterocycles. The average molecular weight is 274 g/mol. The molecule has 1 aromatic rings. The van der Waals surface area contributed by atoms with E-state index in [4.69, 9.17) is 0 Å². The van der Waals surface area contributed by atoms with Crippen molar-refractivity contribution in [2.75, 3.05) is 13.1 Å². The van der Waals surface area contributed by atoms with E-state index in [0.717, 1.165) is 31.8 Å². The molecule has 0 radical (unpaired) electrons. The molecule has 1 aliphatic carbocycles. The number of nitrogens with zero attached hydrogens (tertiary/aromatic N) is 2. The van der Waals surface area contributed by atoms with E-state index in [2.05, 4.69) is 22.0 Å². The van der Waals surface area contributed by atoms with Crippen LogP contribution < -0.4 is 0 Å². The first kappa shape index (κ1) is 14.0. The molecular weight excluding hydrogens is 248 g/mol. The van der Waals surface area contributed by atoms with E-state index >= 15 is 0 Å².